The van der Waals surface area contributed by atoms with Crippen molar-refractivity contribution >= 4 is 0 Å². The predicted octanol–water partition coefficient (Wildman–Crippen LogP) is 2.51. The summed E-state index contributed by atoms with van der Waals surface area (Å²) < 4.78 is 10.6. The highest BCUT2D eigenvalue weighted by Crippen LogP contribution is 2.34. The molecule has 1 atom stereocenters. The van der Waals surface area contributed by atoms with Crippen LogP contribution in [0.15, 0.2) is 18.2 Å². The summed E-state index contributed by atoms with van der Waals surface area (Å²) in [5, 5.41) is 0. The van der Waals surface area contributed by atoms with Gasteiger partial charge in [-0.2, -0.15) is 0 Å². The highest BCUT2D eigenvalue weighted by molar-refractivity contribution is 5.48. The van der Waals surface area contributed by atoms with Gasteiger partial charge in [0.25, 0.3) is 0 Å². The summed E-state index contributed by atoms with van der Waals surface area (Å²) in [5.41, 5.74) is 7.10. The van der Waals surface area contributed by atoms with Gasteiger partial charge in [-0.1, -0.05) is 12.1 Å². The summed E-state index contributed by atoms with van der Waals surface area (Å²) in [5.74, 6) is 7.30. The summed E-state index contributed by atoms with van der Waals surface area (Å²) in [7, 11) is 3.25. The van der Waals surface area contributed by atoms with Crippen LogP contribution in [0.5, 0.6) is 11.5 Å². The van der Waals surface area contributed by atoms with E-state index < -0.39 is 0 Å². The topological polar surface area (TPSA) is 44.5 Å². The average molecular weight is 233 g/mol. The normalized spacial score (nSPS) is 11.3. The third-order valence-corrected chi connectivity index (χ3v) is 2.59. The lowest BCUT2D eigenvalue weighted by Gasteiger charge is -2.17. The van der Waals surface area contributed by atoms with Crippen LogP contribution in [0.3, 0.4) is 0 Å². The van der Waals surface area contributed by atoms with Crippen LogP contribution in [0.1, 0.15) is 31.4 Å². The van der Waals surface area contributed by atoms with E-state index in [0.29, 0.717) is 11.5 Å². The second kappa shape index (κ2) is 6.82. The number of nitrogens with two attached hydrogens (primary N) is 1. The van der Waals surface area contributed by atoms with Crippen molar-refractivity contribution in [2.24, 2.45) is 5.73 Å². The maximum atomic E-state index is 6.13. The Labute approximate surface area is 103 Å². The highest BCUT2D eigenvalue weighted by Gasteiger charge is 2.15. The summed E-state index contributed by atoms with van der Waals surface area (Å²) in [4.78, 5) is 0. The number of benzene rings is 1. The standard InChI is InChI=1S/C14H19NO2/c1-4-5-6-9-12(15)11-8-7-10-13(16-2)14(11)17-3/h7-8,10,12H,6,9,15H2,1-3H3. The minimum atomic E-state index is -0.0825. The predicted molar refractivity (Wildman–Crippen MR) is 69.2 cm³/mol. The van der Waals surface area contributed by atoms with Crippen molar-refractivity contribution in [3.8, 4) is 23.3 Å². The van der Waals surface area contributed by atoms with E-state index in [-0.39, 0.29) is 6.04 Å². The number of hydrogen-bond acceptors (Lipinski definition) is 3. The molecule has 0 heterocycles. The molecular weight excluding hydrogens is 214 g/mol. The Morgan fingerprint density at radius 3 is 2.65 bits per heavy atom. The van der Waals surface area contributed by atoms with Crippen molar-refractivity contribution in [2.45, 2.75) is 25.8 Å². The van der Waals surface area contributed by atoms with Crippen LogP contribution in [0.2, 0.25) is 0 Å². The molecule has 1 rings (SSSR count). The van der Waals surface area contributed by atoms with Gasteiger partial charge < -0.3 is 15.2 Å². The van der Waals surface area contributed by atoms with Crippen LogP contribution in [0.25, 0.3) is 0 Å². The maximum Gasteiger partial charge on any atom is 0.165 e. The lowest BCUT2D eigenvalue weighted by atomic mass is 10.0. The van der Waals surface area contributed by atoms with Crippen molar-refractivity contribution < 1.29 is 9.47 Å². The molecule has 0 fully saturated rings. The highest BCUT2D eigenvalue weighted by atomic mass is 16.5. The largest absolute Gasteiger partial charge is 0.493 e. The molecule has 1 aromatic carbocycles. The van der Waals surface area contributed by atoms with Gasteiger partial charge in [0.1, 0.15) is 0 Å². The Morgan fingerprint density at radius 1 is 1.29 bits per heavy atom. The van der Waals surface area contributed by atoms with Crippen molar-refractivity contribution in [3.05, 3.63) is 23.8 Å². The van der Waals surface area contributed by atoms with Crippen molar-refractivity contribution in [2.75, 3.05) is 14.2 Å². The van der Waals surface area contributed by atoms with Gasteiger partial charge in [-0.3, -0.25) is 0 Å². The molecule has 3 nitrogen and oxygen atoms in total. The van der Waals surface area contributed by atoms with E-state index in [1.165, 1.54) is 0 Å². The number of hydrogen-bond donors (Lipinski definition) is 1. The van der Waals surface area contributed by atoms with Crippen LogP contribution in [-0.2, 0) is 0 Å². The monoisotopic (exact) mass is 233 g/mol. The Kier molecular flexibility index (Phi) is 5.38. The zero-order valence-electron chi connectivity index (χ0n) is 10.6. The smallest absolute Gasteiger partial charge is 0.165 e. The third-order valence-electron chi connectivity index (χ3n) is 2.59. The molecule has 0 amide bonds. The zero-order chi connectivity index (χ0) is 12.7. The summed E-state index contributed by atoms with van der Waals surface area (Å²) >= 11 is 0. The van der Waals surface area contributed by atoms with Crippen LogP contribution in [-0.4, -0.2) is 14.2 Å². The van der Waals surface area contributed by atoms with Gasteiger partial charge in [0.2, 0.25) is 0 Å². The summed E-state index contributed by atoms with van der Waals surface area (Å²) in [6, 6.07) is 5.66. The fourth-order valence-corrected chi connectivity index (χ4v) is 1.71. The average Bonchev–Trinajstić information content (AvgIpc) is 2.37. The van der Waals surface area contributed by atoms with E-state index in [1.54, 1.807) is 14.2 Å². The molecule has 1 aromatic rings. The quantitative estimate of drug-likeness (QED) is 0.795. The molecule has 0 aliphatic carbocycles. The first-order chi connectivity index (χ1) is 8.24. The molecule has 2 N–H and O–H groups in total. The molecule has 0 aliphatic heterocycles. The molecule has 0 aliphatic rings. The van der Waals surface area contributed by atoms with Crippen molar-refractivity contribution in [1.82, 2.24) is 0 Å². The first kappa shape index (κ1) is 13.4. The van der Waals surface area contributed by atoms with E-state index >= 15 is 0 Å². The minimum absolute atomic E-state index is 0.0825. The van der Waals surface area contributed by atoms with Gasteiger partial charge in [-0.25, -0.2) is 0 Å². The fraction of sp³-hybridized carbons (Fsp3) is 0.429. The lowest BCUT2D eigenvalue weighted by Crippen LogP contribution is -2.11. The van der Waals surface area contributed by atoms with Crippen LogP contribution in [0.4, 0.5) is 0 Å². The number of methoxy groups -OCH3 is 2. The molecule has 0 bridgehead atoms. The molecule has 1 unspecified atom stereocenters. The van der Waals surface area contributed by atoms with E-state index in [4.69, 9.17) is 15.2 Å². The van der Waals surface area contributed by atoms with Gasteiger partial charge in [-0.15, -0.1) is 11.8 Å². The second-order valence-electron chi connectivity index (χ2n) is 3.65. The summed E-state index contributed by atoms with van der Waals surface area (Å²) in [6.45, 7) is 1.83. The second-order valence-corrected chi connectivity index (χ2v) is 3.65. The number of ether oxygens (including phenoxy) is 2. The SMILES string of the molecule is CC#CCCC(N)c1cccc(OC)c1OC. The van der Waals surface area contributed by atoms with Gasteiger partial charge in [0.15, 0.2) is 11.5 Å². The summed E-state index contributed by atoms with van der Waals surface area (Å²) in [6.07, 6.45) is 1.60. The van der Waals surface area contributed by atoms with E-state index in [1.807, 2.05) is 25.1 Å². The molecule has 0 spiro atoms. The first-order valence-corrected chi connectivity index (χ1v) is 5.60. The molecule has 0 aromatic heterocycles. The molecule has 3 heteroatoms. The molecular formula is C14H19NO2. The van der Waals surface area contributed by atoms with E-state index in [0.717, 1.165) is 18.4 Å². The molecule has 0 saturated carbocycles. The van der Waals surface area contributed by atoms with Gasteiger partial charge >= 0.3 is 0 Å². The number of para-hydroxylation sites is 1. The minimum Gasteiger partial charge on any atom is -0.493 e. The molecule has 92 valence electrons. The number of rotatable bonds is 5. The van der Waals surface area contributed by atoms with Crippen LogP contribution in [0, 0.1) is 11.8 Å². The lowest BCUT2D eigenvalue weighted by molar-refractivity contribution is 0.349. The van der Waals surface area contributed by atoms with Gasteiger partial charge in [0.05, 0.1) is 14.2 Å². The van der Waals surface area contributed by atoms with Gasteiger partial charge in [-0.05, 0) is 19.4 Å². The van der Waals surface area contributed by atoms with Crippen LogP contribution < -0.4 is 15.2 Å². The Morgan fingerprint density at radius 2 is 2.06 bits per heavy atom. The van der Waals surface area contributed by atoms with Crippen molar-refractivity contribution in [1.29, 1.82) is 0 Å². The Bertz CT molecular complexity index is 418. The zero-order valence-corrected chi connectivity index (χ0v) is 10.6. The van der Waals surface area contributed by atoms with Gasteiger partial charge in [0, 0.05) is 18.0 Å². The van der Waals surface area contributed by atoms with Crippen LogP contribution >= 0.6 is 0 Å². The molecule has 17 heavy (non-hydrogen) atoms. The van der Waals surface area contributed by atoms with Crippen molar-refractivity contribution in [3.63, 3.8) is 0 Å². The fourth-order valence-electron chi connectivity index (χ4n) is 1.71. The molecule has 0 radical (unpaired) electrons. The van der Waals surface area contributed by atoms with E-state index in [2.05, 4.69) is 11.8 Å². The van der Waals surface area contributed by atoms with E-state index in [9.17, 15) is 0 Å². The Hall–Kier alpha value is -1.66. The maximum absolute atomic E-state index is 6.13. The Balaban J connectivity index is 2.90. The third kappa shape index (κ3) is 3.40. The molecule has 0 saturated heterocycles. The first-order valence-electron chi connectivity index (χ1n) is 5.60.